The number of imide groups is 1. The molecule has 4 aromatic carbocycles. The Labute approximate surface area is 316 Å². The summed E-state index contributed by atoms with van der Waals surface area (Å²) in [5.74, 6) is -0.675. The van der Waals surface area contributed by atoms with Gasteiger partial charge in [-0.15, -0.1) is 0 Å². The van der Waals surface area contributed by atoms with Gasteiger partial charge in [0.1, 0.15) is 48.6 Å². The van der Waals surface area contributed by atoms with Crippen LogP contribution in [0.1, 0.15) is 31.8 Å². The average molecular weight is 756 g/mol. The summed E-state index contributed by atoms with van der Waals surface area (Å²) in [5.41, 5.74) is 1.89. The normalized spacial score (nSPS) is 26.5. The number of aliphatic hydroxyl groups excluding tert-OH is 4. The Bertz CT molecular complexity index is 1920. The first-order chi connectivity index (χ1) is 26.8. The zero-order chi connectivity index (χ0) is 38.5. The zero-order valence-corrected chi connectivity index (χ0v) is 29.7. The van der Waals surface area contributed by atoms with Crippen molar-refractivity contribution in [1.29, 1.82) is 0 Å². The standard InChI is InChI=1S/C41H41NO13/c1-49-26-16-18-27(19-17-26)52-40-32(42-38(47)28-14-8-9-15-29(28)39(42)48)37(51-22-25-12-6-3-7-13-25)36(31(54-40)23-50-21-24-10-4-2-5-11-24)55-41-35(46)34(45)33(44)30(20-43)53-41/h2-19,30-35,40-41,43-46H,20-23H2,1H3/t30?,31?,32?,33-,34?,35?,40+,41-/m0/s1. The maximum Gasteiger partial charge on any atom is 0.262 e. The summed E-state index contributed by atoms with van der Waals surface area (Å²) in [6.07, 6.45) is -10.9. The monoisotopic (exact) mass is 755 g/mol. The summed E-state index contributed by atoms with van der Waals surface area (Å²) in [6.45, 7) is -0.835. The molecule has 2 amide bonds. The second kappa shape index (κ2) is 17.0. The summed E-state index contributed by atoms with van der Waals surface area (Å²) in [6, 6.07) is 30.0. The Morgan fingerprint density at radius 3 is 1.82 bits per heavy atom. The van der Waals surface area contributed by atoms with Crippen LogP contribution in [-0.2, 0) is 36.9 Å². The lowest BCUT2D eigenvalue weighted by Gasteiger charge is -2.44. The number of amides is 2. The maximum atomic E-state index is 14.2. The average Bonchev–Trinajstić information content (AvgIpc) is 3.47. The van der Waals surface area contributed by atoms with E-state index in [4.69, 9.17) is 33.2 Å². The van der Waals surface area contributed by atoms with Gasteiger partial charge in [0.2, 0.25) is 12.6 Å². The summed E-state index contributed by atoms with van der Waals surface area (Å²) < 4.78 is 43.1. The number of ether oxygens (including phenoxy) is 7. The van der Waals surface area contributed by atoms with Gasteiger partial charge in [0.25, 0.3) is 11.8 Å². The maximum absolute atomic E-state index is 14.2. The van der Waals surface area contributed by atoms with Crippen LogP contribution in [0.3, 0.4) is 0 Å². The van der Waals surface area contributed by atoms with E-state index in [2.05, 4.69) is 0 Å². The molecule has 288 valence electrons. The van der Waals surface area contributed by atoms with E-state index in [9.17, 15) is 30.0 Å². The van der Waals surface area contributed by atoms with Crippen molar-refractivity contribution in [3.63, 3.8) is 0 Å². The molecule has 0 bridgehead atoms. The first-order valence-corrected chi connectivity index (χ1v) is 17.7. The third-order valence-electron chi connectivity index (χ3n) is 9.48. The molecule has 7 rings (SSSR count). The second-order valence-electron chi connectivity index (χ2n) is 13.1. The van der Waals surface area contributed by atoms with Crippen molar-refractivity contribution in [2.45, 2.75) is 62.4 Å². The molecular weight excluding hydrogens is 714 g/mol. The van der Waals surface area contributed by atoms with Crippen molar-refractivity contribution in [3.05, 3.63) is 143 Å². The van der Waals surface area contributed by atoms with Gasteiger partial charge in [-0.25, -0.2) is 0 Å². The predicted molar refractivity (Wildman–Crippen MR) is 192 cm³/mol. The minimum atomic E-state index is -1.82. The van der Waals surface area contributed by atoms with Crippen molar-refractivity contribution < 1.29 is 63.2 Å². The van der Waals surface area contributed by atoms with Crippen molar-refractivity contribution in [2.75, 3.05) is 20.3 Å². The largest absolute Gasteiger partial charge is 0.497 e. The molecule has 0 spiro atoms. The molecule has 3 heterocycles. The highest BCUT2D eigenvalue weighted by molar-refractivity contribution is 6.21. The molecule has 14 heteroatoms. The van der Waals surface area contributed by atoms with Gasteiger partial charge in [0.05, 0.1) is 38.1 Å². The van der Waals surface area contributed by atoms with Crippen LogP contribution >= 0.6 is 0 Å². The second-order valence-corrected chi connectivity index (χ2v) is 13.1. The van der Waals surface area contributed by atoms with Gasteiger partial charge in [0, 0.05) is 0 Å². The lowest BCUT2D eigenvalue weighted by atomic mass is 9.99. The van der Waals surface area contributed by atoms with Gasteiger partial charge in [-0.3, -0.25) is 14.5 Å². The smallest absolute Gasteiger partial charge is 0.262 e. The number of nitrogens with zero attached hydrogens (tertiary/aromatic N) is 1. The fraction of sp³-hybridized carbons (Fsp3) is 0.317. The number of carbonyl (C=O) groups excluding carboxylic acids is 2. The number of carbonyl (C=O) groups is 2. The molecule has 0 saturated carbocycles. The van der Waals surface area contributed by atoms with E-state index >= 15 is 0 Å². The summed E-state index contributed by atoms with van der Waals surface area (Å²) >= 11 is 0. The Kier molecular flexibility index (Phi) is 11.7. The van der Waals surface area contributed by atoms with E-state index in [1.807, 2.05) is 60.7 Å². The van der Waals surface area contributed by atoms with E-state index in [-0.39, 0.29) is 42.5 Å². The topological polar surface area (TPSA) is 183 Å². The molecule has 3 aliphatic rings. The van der Waals surface area contributed by atoms with E-state index in [0.29, 0.717) is 11.5 Å². The Morgan fingerprint density at radius 2 is 1.22 bits per heavy atom. The van der Waals surface area contributed by atoms with E-state index in [1.54, 1.807) is 48.5 Å². The zero-order valence-electron chi connectivity index (χ0n) is 29.7. The summed E-state index contributed by atoms with van der Waals surface area (Å²) in [7, 11) is 1.52. The van der Waals surface area contributed by atoms with Crippen molar-refractivity contribution >= 4 is 11.8 Å². The molecule has 14 nitrogen and oxygen atoms in total. The van der Waals surface area contributed by atoms with Gasteiger partial charge in [0.15, 0.2) is 17.6 Å². The molecule has 4 aromatic rings. The van der Waals surface area contributed by atoms with Crippen LogP contribution in [0.4, 0.5) is 0 Å². The fourth-order valence-corrected chi connectivity index (χ4v) is 6.59. The van der Waals surface area contributed by atoms with Crippen LogP contribution in [0.15, 0.2) is 121 Å². The molecule has 0 radical (unpaired) electrons. The molecule has 5 unspecified atom stereocenters. The molecule has 1 fully saturated rings. The van der Waals surface area contributed by atoms with Gasteiger partial charge < -0.3 is 53.6 Å². The van der Waals surface area contributed by atoms with Gasteiger partial charge in [-0.2, -0.15) is 0 Å². The van der Waals surface area contributed by atoms with Crippen LogP contribution in [-0.4, -0.2) is 107 Å². The quantitative estimate of drug-likeness (QED) is 0.138. The Hall–Kier alpha value is -5.32. The van der Waals surface area contributed by atoms with E-state index in [1.165, 1.54) is 7.11 Å². The number of hydrogen-bond donors (Lipinski definition) is 4. The molecule has 0 aromatic heterocycles. The van der Waals surface area contributed by atoms with Gasteiger partial charge >= 0.3 is 0 Å². The molecule has 4 N–H and O–H groups in total. The molecule has 1 saturated heterocycles. The number of aliphatic hydroxyl groups is 4. The molecule has 55 heavy (non-hydrogen) atoms. The van der Waals surface area contributed by atoms with Crippen molar-refractivity contribution in [2.24, 2.45) is 0 Å². The van der Waals surface area contributed by atoms with Gasteiger partial charge in [-0.05, 0) is 47.5 Å². The molecule has 0 aliphatic carbocycles. The van der Waals surface area contributed by atoms with Crippen molar-refractivity contribution in [1.82, 2.24) is 4.90 Å². The van der Waals surface area contributed by atoms with E-state index < -0.39 is 67.6 Å². The van der Waals surface area contributed by atoms with Crippen LogP contribution < -0.4 is 9.47 Å². The molecule has 3 aliphatic heterocycles. The minimum absolute atomic E-state index is 0.0791. The Morgan fingerprint density at radius 1 is 0.636 bits per heavy atom. The highest BCUT2D eigenvalue weighted by Crippen LogP contribution is 2.39. The number of fused-ring (bicyclic) bond motifs is 1. The highest BCUT2D eigenvalue weighted by atomic mass is 16.7. The fourth-order valence-electron chi connectivity index (χ4n) is 6.59. The lowest BCUT2D eigenvalue weighted by molar-refractivity contribution is -0.300. The minimum Gasteiger partial charge on any atom is -0.497 e. The molecule has 8 atom stereocenters. The number of methoxy groups -OCH3 is 1. The van der Waals surface area contributed by atoms with Crippen LogP contribution in [0.2, 0.25) is 0 Å². The van der Waals surface area contributed by atoms with Crippen LogP contribution in [0, 0.1) is 0 Å². The first-order valence-electron chi connectivity index (χ1n) is 17.7. The SMILES string of the molecule is COc1ccc(O[C@@H]2OC(COCc3ccccc3)C(O[C@@H]3OC(CO)[C@H](O)C(O)C3O)=C(OCc3ccccc3)C2N2C(=O)c3ccccc3C2=O)cc1. The molecular formula is C41H41NO13. The number of rotatable bonds is 14. The van der Waals surface area contributed by atoms with Crippen LogP contribution in [0.5, 0.6) is 11.5 Å². The lowest BCUT2D eigenvalue weighted by Crippen LogP contribution is -2.60. The third kappa shape index (κ3) is 8.07. The van der Waals surface area contributed by atoms with Crippen LogP contribution in [0.25, 0.3) is 0 Å². The Balaban J connectivity index is 1.36. The van der Waals surface area contributed by atoms with Crippen molar-refractivity contribution in [3.8, 4) is 11.5 Å². The summed E-state index contributed by atoms with van der Waals surface area (Å²) in [5, 5.41) is 42.2. The number of benzene rings is 4. The highest BCUT2D eigenvalue weighted by Gasteiger charge is 2.54. The first kappa shape index (κ1) is 38.0. The summed E-state index contributed by atoms with van der Waals surface area (Å²) in [4.78, 5) is 29.4. The third-order valence-corrected chi connectivity index (χ3v) is 9.48. The number of hydrogen-bond acceptors (Lipinski definition) is 13. The predicted octanol–water partition coefficient (Wildman–Crippen LogP) is 2.93. The van der Waals surface area contributed by atoms with E-state index in [0.717, 1.165) is 16.0 Å². The van der Waals surface area contributed by atoms with Gasteiger partial charge in [-0.1, -0.05) is 72.8 Å².